The van der Waals surface area contributed by atoms with Gasteiger partial charge in [0.05, 0.1) is 7.11 Å². The number of methoxy groups -OCH3 is 1. The Morgan fingerprint density at radius 1 is 1.07 bits per heavy atom. The fourth-order valence-corrected chi connectivity index (χ4v) is 2.77. The van der Waals surface area contributed by atoms with Gasteiger partial charge in [0.1, 0.15) is 23.4 Å². The van der Waals surface area contributed by atoms with Gasteiger partial charge in [-0.1, -0.05) is 18.2 Å². The molecule has 0 spiro atoms. The summed E-state index contributed by atoms with van der Waals surface area (Å²) < 4.78 is 24.9. The van der Waals surface area contributed by atoms with Crippen LogP contribution in [-0.2, 0) is 16.1 Å². The minimum atomic E-state index is -0.809. The average molecular weight is 416 g/mol. The van der Waals surface area contributed by atoms with E-state index in [1.807, 2.05) is 20.8 Å². The standard InChI is InChI=1S/C23H29FN2O4/c1-16(22(28)25-23(2,3)4)26(14-17-8-6-7-9-20(17)24)21(27)15-30-19-12-10-18(29-5)11-13-19/h6-13,16H,14-15H2,1-5H3,(H,25,28). The predicted octanol–water partition coefficient (Wildman–Crippen LogP) is 3.55. The van der Waals surface area contributed by atoms with E-state index >= 15 is 0 Å². The van der Waals surface area contributed by atoms with Crippen LogP contribution in [0.3, 0.4) is 0 Å². The number of nitrogens with one attached hydrogen (secondary N) is 1. The number of ether oxygens (including phenoxy) is 2. The topological polar surface area (TPSA) is 67.9 Å². The van der Waals surface area contributed by atoms with Crippen LogP contribution in [0.15, 0.2) is 48.5 Å². The van der Waals surface area contributed by atoms with Gasteiger partial charge in [0.25, 0.3) is 5.91 Å². The molecular weight excluding hydrogens is 387 g/mol. The fraction of sp³-hybridized carbons (Fsp3) is 0.391. The predicted molar refractivity (Wildman–Crippen MR) is 113 cm³/mol. The third-order valence-electron chi connectivity index (χ3n) is 4.39. The van der Waals surface area contributed by atoms with Crippen molar-refractivity contribution in [3.05, 3.63) is 59.9 Å². The lowest BCUT2D eigenvalue weighted by Gasteiger charge is -2.31. The molecule has 2 aromatic carbocycles. The number of amides is 2. The minimum absolute atomic E-state index is 0.0454. The maximum atomic E-state index is 14.2. The van der Waals surface area contributed by atoms with Crippen molar-refractivity contribution in [2.75, 3.05) is 13.7 Å². The quantitative estimate of drug-likeness (QED) is 0.715. The summed E-state index contributed by atoms with van der Waals surface area (Å²) in [6, 6.07) is 12.2. The van der Waals surface area contributed by atoms with Gasteiger partial charge in [-0.2, -0.15) is 0 Å². The van der Waals surface area contributed by atoms with Gasteiger partial charge >= 0.3 is 0 Å². The van der Waals surface area contributed by atoms with Crippen molar-refractivity contribution >= 4 is 11.8 Å². The molecule has 0 aliphatic carbocycles. The van der Waals surface area contributed by atoms with Crippen LogP contribution in [0.1, 0.15) is 33.3 Å². The van der Waals surface area contributed by atoms with E-state index in [1.54, 1.807) is 56.5 Å². The number of nitrogens with zero attached hydrogens (tertiary/aromatic N) is 1. The van der Waals surface area contributed by atoms with Crippen LogP contribution in [0.4, 0.5) is 4.39 Å². The molecule has 2 amide bonds. The van der Waals surface area contributed by atoms with Crippen molar-refractivity contribution in [2.45, 2.75) is 45.8 Å². The Hall–Kier alpha value is -3.09. The molecule has 2 aromatic rings. The molecule has 0 aliphatic rings. The zero-order valence-corrected chi connectivity index (χ0v) is 18.1. The Morgan fingerprint density at radius 2 is 1.67 bits per heavy atom. The largest absolute Gasteiger partial charge is 0.497 e. The van der Waals surface area contributed by atoms with E-state index in [0.717, 1.165) is 0 Å². The Labute approximate surface area is 177 Å². The molecular formula is C23H29FN2O4. The molecule has 0 aromatic heterocycles. The molecule has 0 fully saturated rings. The van der Waals surface area contributed by atoms with Crippen molar-refractivity contribution in [2.24, 2.45) is 0 Å². The van der Waals surface area contributed by atoms with Crippen LogP contribution in [0.25, 0.3) is 0 Å². The van der Waals surface area contributed by atoms with E-state index in [2.05, 4.69) is 5.32 Å². The van der Waals surface area contributed by atoms with Crippen LogP contribution >= 0.6 is 0 Å². The van der Waals surface area contributed by atoms with E-state index in [-0.39, 0.29) is 19.1 Å². The van der Waals surface area contributed by atoms with Gasteiger partial charge in [-0.3, -0.25) is 9.59 Å². The summed E-state index contributed by atoms with van der Waals surface area (Å²) in [6.07, 6.45) is 0. The van der Waals surface area contributed by atoms with Crippen LogP contribution in [0, 0.1) is 5.82 Å². The van der Waals surface area contributed by atoms with Crippen LogP contribution < -0.4 is 14.8 Å². The zero-order valence-electron chi connectivity index (χ0n) is 18.1. The number of hydrogen-bond donors (Lipinski definition) is 1. The molecule has 1 unspecified atom stereocenters. The highest BCUT2D eigenvalue weighted by Crippen LogP contribution is 2.18. The smallest absolute Gasteiger partial charge is 0.261 e. The third kappa shape index (κ3) is 6.76. The van der Waals surface area contributed by atoms with Gasteiger partial charge in [-0.25, -0.2) is 4.39 Å². The lowest BCUT2D eigenvalue weighted by atomic mass is 10.1. The Morgan fingerprint density at radius 3 is 2.23 bits per heavy atom. The molecule has 7 heteroatoms. The number of carbonyl (C=O) groups excluding carboxylic acids is 2. The van der Waals surface area contributed by atoms with Crippen LogP contribution in [-0.4, -0.2) is 42.0 Å². The van der Waals surface area contributed by atoms with Gasteiger partial charge in [0.2, 0.25) is 5.91 Å². The maximum Gasteiger partial charge on any atom is 0.261 e. The van der Waals surface area contributed by atoms with E-state index in [4.69, 9.17) is 9.47 Å². The molecule has 1 N–H and O–H groups in total. The normalized spacial score (nSPS) is 12.1. The zero-order chi connectivity index (χ0) is 22.3. The lowest BCUT2D eigenvalue weighted by Crippen LogP contribution is -2.53. The summed E-state index contributed by atoms with van der Waals surface area (Å²) in [6.45, 7) is 6.85. The summed E-state index contributed by atoms with van der Waals surface area (Å²) in [5.41, 5.74) is -0.136. The summed E-state index contributed by atoms with van der Waals surface area (Å²) in [5, 5.41) is 2.86. The second-order valence-electron chi connectivity index (χ2n) is 7.99. The van der Waals surface area contributed by atoms with Gasteiger partial charge in [0, 0.05) is 17.6 Å². The highest BCUT2D eigenvalue weighted by molar-refractivity contribution is 5.88. The number of rotatable bonds is 8. The van der Waals surface area contributed by atoms with Crippen molar-refractivity contribution < 1.29 is 23.5 Å². The molecule has 2 rings (SSSR count). The van der Waals surface area contributed by atoms with Crippen molar-refractivity contribution in [3.8, 4) is 11.5 Å². The molecule has 0 bridgehead atoms. The third-order valence-corrected chi connectivity index (χ3v) is 4.39. The van der Waals surface area contributed by atoms with Crippen LogP contribution in [0.2, 0.25) is 0 Å². The summed E-state index contributed by atoms with van der Waals surface area (Å²) in [5.74, 6) is -0.0267. The molecule has 0 heterocycles. The van der Waals surface area contributed by atoms with E-state index in [9.17, 15) is 14.0 Å². The summed E-state index contributed by atoms with van der Waals surface area (Å²) >= 11 is 0. The Kier molecular flexibility index (Phi) is 7.80. The monoisotopic (exact) mass is 416 g/mol. The molecule has 1 atom stereocenters. The molecule has 0 aliphatic heterocycles. The first kappa shape index (κ1) is 23.2. The lowest BCUT2D eigenvalue weighted by molar-refractivity contribution is -0.142. The van der Waals surface area contributed by atoms with Gasteiger partial charge in [-0.15, -0.1) is 0 Å². The first-order chi connectivity index (χ1) is 14.1. The summed E-state index contributed by atoms with van der Waals surface area (Å²) in [7, 11) is 1.56. The molecule has 6 nitrogen and oxygen atoms in total. The second kappa shape index (κ2) is 10.1. The van der Waals surface area contributed by atoms with Gasteiger partial charge in [0.15, 0.2) is 6.61 Å². The molecule has 0 radical (unpaired) electrons. The van der Waals surface area contributed by atoms with Crippen molar-refractivity contribution in [1.82, 2.24) is 10.2 Å². The minimum Gasteiger partial charge on any atom is -0.497 e. The first-order valence-corrected chi connectivity index (χ1v) is 9.72. The van der Waals surface area contributed by atoms with Crippen LogP contribution in [0.5, 0.6) is 11.5 Å². The van der Waals surface area contributed by atoms with Gasteiger partial charge in [-0.05, 0) is 58.0 Å². The van der Waals surface area contributed by atoms with E-state index in [0.29, 0.717) is 17.1 Å². The Balaban J connectivity index is 2.16. The number of hydrogen-bond acceptors (Lipinski definition) is 4. The van der Waals surface area contributed by atoms with E-state index < -0.39 is 23.3 Å². The molecule has 0 saturated carbocycles. The van der Waals surface area contributed by atoms with Gasteiger partial charge < -0.3 is 19.7 Å². The molecule has 30 heavy (non-hydrogen) atoms. The number of carbonyl (C=O) groups is 2. The highest BCUT2D eigenvalue weighted by Gasteiger charge is 2.29. The maximum absolute atomic E-state index is 14.2. The summed E-state index contributed by atoms with van der Waals surface area (Å²) in [4.78, 5) is 26.9. The fourth-order valence-electron chi connectivity index (χ4n) is 2.77. The SMILES string of the molecule is COc1ccc(OCC(=O)N(Cc2ccccc2F)C(C)C(=O)NC(C)(C)C)cc1. The van der Waals surface area contributed by atoms with Crippen molar-refractivity contribution in [3.63, 3.8) is 0 Å². The number of benzene rings is 2. The Bertz CT molecular complexity index is 862. The molecule has 0 saturated heterocycles. The van der Waals surface area contributed by atoms with Crippen molar-refractivity contribution in [1.29, 1.82) is 0 Å². The van der Waals surface area contributed by atoms with E-state index in [1.165, 1.54) is 11.0 Å². The number of halogens is 1. The highest BCUT2D eigenvalue weighted by atomic mass is 19.1. The average Bonchev–Trinajstić information content (AvgIpc) is 2.70. The first-order valence-electron chi connectivity index (χ1n) is 9.72. The second-order valence-corrected chi connectivity index (χ2v) is 7.99. The molecule has 162 valence electrons.